The Morgan fingerprint density at radius 1 is 1.00 bits per heavy atom. The molecule has 0 fully saturated rings. The lowest BCUT2D eigenvalue weighted by atomic mass is 9.94. The van der Waals surface area contributed by atoms with Crippen molar-refractivity contribution in [2.75, 3.05) is 36.9 Å². The average molecular weight is 581 g/mol. The van der Waals surface area contributed by atoms with E-state index in [1.54, 1.807) is 60.9 Å². The van der Waals surface area contributed by atoms with Crippen LogP contribution >= 0.6 is 0 Å². The molecule has 0 unspecified atom stereocenters. The van der Waals surface area contributed by atoms with E-state index in [0.717, 1.165) is 22.3 Å². The van der Waals surface area contributed by atoms with E-state index in [2.05, 4.69) is 32.0 Å². The van der Waals surface area contributed by atoms with E-state index < -0.39 is 5.82 Å². The number of amides is 1. The first-order valence-corrected chi connectivity index (χ1v) is 13.8. The van der Waals surface area contributed by atoms with Gasteiger partial charge in [-0.2, -0.15) is 5.26 Å². The first-order valence-electron chi connectivity index (χ1n) is 13.8. The van der Waals surface area contributed by atoms with Crippen LogP contribution in [0.1, 0.15) is 44.0 Å². The highest BCUT2D eigenvalue weighted by atomic mass is 19.1. The van der Waals surface area contributed by atoms with Crippen LogP contribution in [0.25, 0.3) is 23.3 Å². The summed E-state index contributed by atoms with van der Waals surface area (Å²) in [5.74, 6) is -0.817. The van der Waals surface area contributed by atoms with Crippen LogP contribution in [0.2, 0.25) is 0 Å². The van der Waals surface area contributed by atoms with E-state index in [4.69, 9.17) is 10.2 Å². The van der Waals surface area contributed by atoms with Gasteiger partial charge in [-0.05, 0) is 78.6 Å². The van der Waals surface area contributed by atoms with Gasteiger partial charge in [0.25, 0.3) is 5.91 Å². The molecule has 2 aromatic carbocycles. The molecule has 0 aliphatic rings. The number of aromatic nitrogens is 2. The molecule has 220 valence electrons. The minimum atomic E-state index is -0.446. The standard InChI is InChI=1S/C33H33FN6O3/c1-21-16-24(28(34)17-32(21)38-13-15-42)7-9-30-27(18-35)26(10-11-37-30)25-4-3-5-29(22(25)2)40-33(43)31-8-6-23(20-39-31)19-36-12-14-41/h3-11,16-17,20,36,38,41-42H,12-15,19H2,1-2H3,(H,40,43)/b9-7+. The third-order valence-corrected chi connectivity index (χ3v) is 6.83. The van der Waals surface area contributed by atoms with E-state index in [1.165, 1.54) is 6.07 Å². The number of nitriles is 1. The molecule has 43 heavy (non-hydrogen) atoms. The Bertz CT molecular complexity index is 1660. The SMILES string of the molecule is Cc1cc(/C=C/c2nccc(-c3cccc(NC(=O)c4ccc(CNCCO)cn4)c3C)c2C#N)c(F)cc1NCCO. The molecule has 9 nitrogen and oxygen atoms in total. The number of hydrogen-bond donors (Lipinski definition) is 5. The van der Waals surface area contributed by atoms with Gasteiger partial charge in [-0.3, -0.25) is 14.8 Å². The predicted molar refractivity (Wildman–Crippen MR) is 166 cm³/mol. The number of benzene rings is 2. The highest BCUT2D eigenvalue weighted by Crippen LogP contribution is 2.32. The van der Waals surface area contributed by atoms with Gasteiger partial charge in [0.15, 0.2) is 0 Å². The third-order valence-electron chi connectivity index (χ3n) is 6.83. The highest BCUT2D eigenvalue weighted by molar-refractivity contribution is 6.03. The summed E-state index contributed by atoms with van der Waals surface area (Å²) in [4.78, 5) is 21.6. The molecule has 0 aliphatic carbocycles. The molecule has 5 N–H and O–H groups in total. The molecular formula is C33H33FN6O3. The highest BCUT2D eigenvalue weighted by Gasteiger charge is 2.16. The van der Waals surface area contributed by atoms with Crippen molar-refractivity contribution in [1.82, 2.24) is 15.3 Å². The molecule has 10 heteroatoms. The van der Waals surface area contributed by atoms with E-state index in [-0.39, 0.29) is 24.8 Å². The zero-order chi connectivity index (χ0) is 30.8. The fourth-order valence-corrected chi connectivity index (χ4v) is 4.55. The molecular weight excluding hydrogens is 547 g/mol. The van der Waals surface area contributed by atoms with Gasteiger partial charge in [0.1, 0.15) is 17.6 Å². The number of aliphatic hydroxyl groups is 2. The first kappa shape index (κ1) is 31.0. The summed E-state index contributed by atoms with van der Waals surface area (Å²) in [5, 5.41) is 37.0. The van der Waals surface area contributed by atoms with E-state index in [1.807, 2.05) is 19.9 Å². The lowest BCUT2D eigenvalue weighted by Crippen LogP contribution is -2.18. The number of aliphatic hydroxyl groups excluding tert-OH is 2. The van der Waals surface area contributed by atoms with Crippen LogP contribution in [0.15, 0.2) is 60.9 Å². The summed E-state index contributed by atoms with van der Waals surface area (Å²) in [6.45, 7) is 4.99. The number of hydrogen-bond acceptors (Lipinski definition) is 8. The van der Waals surface area contributed by atoms with Crippen LogP contribution in [0.5, 0.6) is 0 Å². The van der Waals surface area contributed by atoms with Crippen LogP contribution in [0.4, 0.5) is 15.8 Å². The normalized spacial score (nSPS) is 11.0. The minimum absolute atomic E-state index is 0.0408. The Morgan fingerprint density at radius 3 is 2.53 bits per heavy atom. The third kappa shape index (κ3) is 7.67. The summed E-state index contributed by atoms with van der Waals surface area (Å²) in [6, 6.07) is 15.9. The smallest absolute Gasteiger partial charge is 0.274 e. The largest absolute Gasteiger partial charge is 0.395 e. The van der Waals surface area contributed by atoms with Gasteiger partial charge in [-0.15, -0.1) is 0 Å². The molecule has 1 amide bonds. The molecule has 0 saturated carbocycles. The van der Waals surface area contributed by atoms with Crippen molar-refractivity contribution >= 4 is 29.4 Å². The van der Waals surface area contributed by atoms with Crippen molar-refractivity contribution in [3.8, 4) is 17.2 Å². The lowest BCUT2D eigenvalue weighted by Gasteiger charge is -2.14. The number of rotatable bonds is 12. The van der Waals surface area contributed by atoms with Gasteiger partial charge >= 0.3 is 0 Å². The quantitative estimate of drug-likeness (QED) is 0.152. The predicted octanol–water partition coefficient (Wildman–Crippen LogP) is 4.68. The molecule has 0 spiro atoms. The second-order valence-corrected chi connectivity index (χ2v) is 9.79. The fraction of sp³-hybridized carbons (Fsp3) is 0.212. The second-order valence-electron chi connectivity index (χ2n) is 9.79. The first-order chi connectivity index (χ1) is 20.9. The van der Waals surface area contributed by atoms with E-state index in [0.29, 0.717) is 53.4 Å². The number of carbonyl (C=O) groups is 1. The minimum Gasteiger partial charge on any atom is -0.395 e. The molecule has 0 radical (unpaired) electrons. The van der Waals surface area contributed by atoms with Gasteiger partial charge < -0.3 is 26.2 Å². The second kappa shape index (κ2) is 14.8. The Hall–Kier alpha value is -4.95. The Balaban J connectivity index is 1.58. The van der Waals surface area contributed by atoms with Gasteiger partial charge in [-0.1, -0.05) is 18.2 Å². The van der Waals surface area contributed by atoms with Gasteiger partial charge in [0.05, 0.1) is 24.5 Å². The van der Waals surface area contributed by atoms with Crippen molar-refractivity contribution in [3.05, 3.63) is 106 Å². The van der Waals surface area contributed by atoms with Crippen molar-refractivity contribution in [2.24, 2.45) is 0 Å². The summed E-state index contributed by atoms with van der Waals surface area (Å²) in [6.07, 6.45) is 6.39. The summed E-state index contributed by atoms with van der Waals surface area (Å²) in [7, 11) is 0. The Labute approximate surface area is 249 Å². The van der Waals surface area contributed by atoms with Crippen molar-refractivity contribution in [1.29, 1.82) is 5.26 Å². The van der Waals surface area contributed by atoms with Gasteiger partial charge in [0.2, 0.25) is 0 Å². The molecule has 0 bridgehead atoms. The Kier molecular flexibility index (Phi) is 10.7. The molecule has 0 atom stereocenters. The van der Waals surface area contributed by atoms with Crippen molar-refractivity contribution < 1.29 is 19.4 Å². The molecule has 2 aromatic heterocycles. The maximum absolute atomic E-state index is 14.8. The topological polar surface area (TPSA) is 143 Å². The monoisotopic (exact) mass is 580 g/mol. The zero-order valence-electron chi connectivity index (χ0n) is 24.0. The maximum atomic E-state index is 14.8. The number of pyridine rings is 2. The molecule has 4 aromatic rings. The zero-order valence-corrected chi connectivity index (χ0v) is 24.0. The average Bonchev–Trinajstić information content (AvgIpc) is 3.01. The number of aryl methyl sites for hydroxylation is 1. The van der Waals surface area contributed by atoms with Crippen LogP contribution in [-0.2, 0) is 6.54 Å². The molecule has 2 heterocycles. The summed E-state index contributed by atoms with van der Waals surface area (Å²) >= 11 is 0. The van der Waals surface area contributed by atoms with Crippen LogP contribution in [-0.4, -0.2) is 52.4 Å². The fourth-order valence-electron chi connectivity index (χ4n) is 4.55. The lowest BCUT2D eigenvalue weighted by molar-refractivity contribution is 0.102. The van der Waals surface area contributed by atoms with E-state index in [9.17, 15) is 14.4 Å². The Morgan fingerprint density at radius 2 is 1.81 bits per heavy atom. The van der Waals surface area contributed by atoms with Crippen LogP contribution in [0, 0.1) is 31.0 Å². The van der Waals surface area contributed by atoms with Gasteiger partial charge in [0, 0.05) is 54.5 Å². The number of carbonyl (C=O) groups excluding carboxylic acids is 1. The number of nitrogens with zero attached hydrogens (tertiary/aromatic N) is 3. The number of nitrogens with one attached hydrogen (secondary N) is 3. The number of anilines is 2. The van der Waals surface area contributed by atoms with Gasteiger partial charge in [-0.25, -0.2) is 4.39 Å². The number of halogens is 1. The van der Waals surface area contributed by atoms with Crippen molar-refractivity contribution in [2.45, 2.75) is 20.4 Å². The summed E-state index contributed by atoms with van der Waals surface area (Å²) in [5.41, 5.74) is 6.29. The molecule has 0 saturated heterocycles. The van der Waals surface area contributed by atoms with E-state index >= 15 is 0 Å². The van der Waals surface area contributed by atoms with Crippen molar-refractivity contribution in [3.63, 3.8) is 0 Å². The molecule has 0 aliphatic heterocycles. The summed E-state index contributed by atoms with van der Waals surface area (Å²) < 4.78 is 14.8. The maximum Gasteiger partial charge on any atom is 0.274 e. The molecule has 4 rings (SSSR count). The van der Waals surface area contributed by atoms with Crippen LogP contribution in [0.3, 0.4) is 0 Å². The van der Waals surface area contributed by atoms with Crippen LogP contribution < -0.4 is 16.0 Å².